The average molecular weight is 226 g/mol. The Morgan fingerprint density at radius 1 is 1.53 bits per heavy atom. The normalized spacial score (nSPS) is 20.5. The van der Waals surface area contributed by atoms with E-state index in [4.69, 9.17) is 16.3 Å². The fraction of sp³-hybridized carbons (Fsp3) is 0.500. The van der Waals surface area contributed by atoms with Gasteiger partial charge < -0.3 is 10.1 Å². The maximum absolute atomic E-state index is 6.14. The molecule has 0 radical (unpaired) electrons. The van der Waals surface area contributed by atoms with Crippen molar-refractivity contribution in [2.75, 3.05) is 13.1 Å². The molecule has 82 valence electrons. The van der Waals surface area contributed by atoms with E-state index in [9.17, 15) is 0 Å². The largest absolute Gasteiger partial charge is 0.487 e. The number of aryl methyl sites for hydroxylation is 1. The third-order valence-electron chi connectivity index (χ3n) is 2.71. The Morgan fingerprint density at radius 3 is 3.00 bits per heavy atom. The molecule has 15 heavy (non-hydrogen) atoms. The van der Waals surface area contributed by atoms with E-state index < -0.39 is 0 Å². The summed E-state index contributed by atoms with van der Waals surface area (Å²) < 4.78 is 5.81. The van der Waals surface area contributed by atoms with Crippen molar-refractivity contribution in [3.8, 4) is 5.75 Å². The Morgan fingerprint density at radius 2 is 2.40 bits per heavy atom. The fourth-order valence-electron chi connectivity index (χ4n) is 1.77. The highest BCUT2D eigenvalue weighted by Crippen LogP contribution is 2.27. The van der Waals surface area contributed by atoms with Gasteiger partial charge in [0.2, 0.25) is 0 Å². The highest BCUT2D eigenvalue weighted by molar-refractivity contribution is 6.32. The monoisotopic (exact) mass is 225 g/mol. The van der Waals surface area contributed by atoms with Gasteiger partial charge in [0.05, 0.1) is 5.02 Å². The van der Waals surface area contributed by atoms with E-state index in [0.29, 0.717) is 0 Å². The molecular weight excluding hydrogens is 210 g/mol. The van der Waals surface area contributed by atoms with Crippen LogP contribution >= 0.6 is 11.6 Å². The molecule has 1 aromatic rings. The van der Waals surface area contributed by atoms with Gasteiger partial charge in [0.25, 0.3) is 0 Å². The number of halogens is 1. The summed E-state index contributed by atoms with van der Waals surface area (Å²) in [6.07, 6.45) is 2.34. The summed E-state index contributed by atoms with van der Waals surface area (Å²) in [5.41, 5.74) is 1.25. The van der Waals surface area contributed by atoms with Crippen LogP contribution in [0.2, 0.25) is 5.02 Å². The summed E-state index contributed by atoms with van der Waals surface area (Å²) in [5, 5.41) is 3.99. The first-order valence-electron chi connectivity index (χ1n) is 5.45. The predicted octanol–water partition coefficient (Wildman–Crippen LogP) is 2.64. The molecule has 1 atom stereocenters. The van der Waals surface area contributed by atoms with Crippen molar-refractivity contribution in [1.29, 1.82) is 0 Å². The van der Waals surface area contributed by atoms with Crippen molar-refractivity contribution in [1.82, 2.24) is 5.32 Å². The zero-order valence-electron chi connectivity index (χ0n) is 8.92. The summed E-state index contributed by atoms with van der Waals surface area (Å²) in [6, 6.07) is 6.03. The summed E-state index contributed by atoms with van der Waals surface area (Å²) in [6.45, 7) is 4.08. The average Bonchev–Trinajstić information content (AvgIpc) is 2.74. The summed E-state index contributed by atoms with van der Waals surface area (Å²) in [4.78, 5) is 0. The molecule has 0 saturated carbocycles. The third kappa shape index (κ3) is 2.64. The van der Waals surface area contributed by atoms with E-state index in [0.717, 1.165) is 36.7 Å². The third-order valence-corrected chi connectivity index (χ3v) is 3.01. The van der Waals surface area contributed by atoms with E-state index in [1.807, 2.05) is 12.1 Å². The van der Waals surface area contributed by atoms with Gasteiger partial charge in [-0.2, -0.15) is 0 Å². The Labute approximate surface area is 95.6 Å². The number of ether oxygens (including phenoxy) is 1. The van der Waals surface area contributed by atoms with Gasteiger partial charge in [-0.3, -0.25) is 0 Å². The lowest BCUT2D eigenvalue weighted by atomic mass is 10.2. The first-order chi connectivity index (χ1) is 7.29. The second-order valence-corrected chi connectivity index (χ2v) is 4.26. The van der Waals surface area contributed by atoms with Crippen molar-refractivity contribution < 1.29 is 4.74 Å². The molecule has 1 N–H and O–H groups in total. The molecule has 1 fully saturated rings. The van der Waals surface area contributed by atoms with Gasteiger partial charge in [0.15, 0.2) is 0 Å². The first-order valence-corrected chi connectivity index (χ1v) is 5.83. The zero-order valence-corrected chi connectivity index (χ0v) is 9.68. The van der Waals surface area contributed by atoms with Crippen molar-refractivity contribution in [2.45, 2.75) is 25.9 Å². The number of hydrogen-bond donors (Lipinski definition) is 1. The maximum Gasteiger partial charge on any atom is 0.138 e. The molecule has 3 heteroatoms. The molecule has 2 nitrogen and oxygen atoms in total. The van der Waals surface area contributed by atoms with Crippen LogP contribution in [0.25, 0.3) is 0 Å². The van der Waals surface area contributed by atoms with E-state index >= 15 is 0 Å². The summed E-state index contributed by atoms with van der Waals surface area (Å²) >= 11 is 6.14. The molecule has 0 amide bonds. The summed E-state index contributed by atoms with van der Waals surface area (Å²) in [7, 11) is 0. The van der Waals surface area contributed by atoms with Gasteiger partial charge in [-0.25, -0.2) is 0 Å². The second kappa shape index (κ2) is 4.86. The first kappa shape index (κ1) is 10.8. The van der Waals surface area contributed by atoms with Crippen LogP contribution in [0.15, 0.2) is 18.2 Å². The topological polar surface area (TPSA) is 21.3 Å². The SMILES string of the molecule is CCc1ccc(O[C@H]2CCNC2)c(Cl)c1. The van der Waals surface area contributed by atoms with Crippen LogP contribution in [0.5, 0.6) is 5.75 Å². The molecule has 0 bridgehead atoms. The van der Waals surface area contributed by atoms with Crippen molar-refractivity contribution in [2.24, 2.45) is 0 Å². The molecular formula is C12H16ClNO. The van der Waals surface area contributed by atoms with Crippen LogP contribution in [-0.4, -0.2) is 19.2 Å². The highest BCUT2D eigenvalue weighted by atomic mass is 35.5. The van der Waals surface area contributed by atoms with E-state index in [1.165, 1.54) is 5.56 Å². The number of benzene rings is 1. The Kier molecular flexibility index (Phi) is 3.49. The van der Waals surface area contributed by atoms with Crippen LogP contribution in [-0.2, 0) is 6.42 Å². The highest BCUT2D eigenvalue weighted by Gasteiger charge is 2.16. The number of rotatable bonds is 3. The zero-order chi connectivity index (χ0) is 10.7. The molecule has 0 unspecified atom stereocenters. The van der Waals surface area contributed by atoms with E-state index in [2.05, 4.69) is 18.3 Å². The lowest BCUT2D eigenvalue weighted by molar-refractivity contribution is 0.223. The molecule has 1 saturated heterocycles. The number of nitrogens with one attached hydrogen (secondary N) is 1. The lowest BCUT2D eigenvalue weighted by Crippen LogP contribution is -2.19. The molecule has 0 aromatic heterocycles. The maximum atomic E-state index is 6.14. The molecule has 0 aliphatic carbocycles. The summed E-state index contributed by atoms with van der Waals surface area (Å²) in [5.74, 6) is 0.808. The van der Waals surface area contributed by atoms with Crippen LogP contribution in [0.4, 0.5) is 0 Å². The molecule has 1 aliphatic rings. The minimum absolute atomic E-state index is 0.273. The smallest absolute Gasteiger partial charge is 0.138 e. The number of hydrogen-bond acceptors (Lipinski definition) is 2. The van der Waals surface area contributed by atoms with Gasteiger partial charge in [0, 0.05) is 6.54 Å². The Hall–Kier alpha value is -0.730. The van der Waals surface area contributed by atoms with E-state index in [-0.39, 0.29) is 6.10 Å². The molecule has 0 spiro atoms. The predicted molar refractivity (Wildman–Crippen MR) is 62.7 cm³/mol. The van der Waals surface area contributed by atoms with Crippen LogP contribution in [0.3, 0.4) is 0 Å². The van der Waals surface area contributed by atoms with Gasteiger partial charge in [-0.15, -0.1) is 0 Å². The van der Waals surface area contributed by atoms with Crippen molar-refractivity contribution in [3.63, 3.8) is 0 Å². The van der Waals surface area contributed by atoms with Gasteiger partial charge in [-0.1, -0.05) is 24.6 Å². The molecule has 2 rings (SSSR count). The lowest BCUT2D eigenvalue weighted by Gasteiger charge is -2.14. The van der Waals surface area contributed by atoms with Gasteiger partial charge in [-0.05, 0) is 37.1 Å². The quantitative estimate of drug-likeness (QED) is 0.854. The van der Waals surface area contributed by atoms with Crippen LogP contribution in [0, 0.1) is 0 Å². The van der Waals surface area contributed by atoms with E-state index in [1.54, 1.807) is 0 Å². The van der Waals surface area contributed by atoms with Gasteiger partial charge >= 0.3 is 0 Å². The second-order valence-electron chi connectivity index (χ2n) is 3.85. The van der Waals surface area contributed by atoms with Crippen molar-refractivity contribution in [3.05, 3.63) is 28.8 Å². The Balaban J connectivity index is 2.07. The van der Waals surface area contributed by atoms with Crippen LogP contribution < -0.4 is 10.1 Å². The fourth-order valence-corrected chi connectivity index (χ4v) is 2.02. The Bertz CT molecular complexity index is 334. The molecule has 1 aromatic carbocycles. The minimum Gasteiger partial charge on any atom is -0.487 e. The standard InChI is InChI=1S/C12H16ClNO/c1-2-9-3-4-12(11(13)7-9)15-10-5-6-14-8-10/h3-4,7,10,14H,2,5-6,8H2,1H3/t10-/m0/s1. The minimum atomic E-state index is 0.273. The van der Waals surface area contributed by atoms with Crippen molar-refractivity contribution >= 4 is 11.6 Å². The van der Waals surface area contributed by atoms with Gasteiger partial charge in [0.1, 0.15) is 11.9 Å². The van der Waals surface area contributed by atoms with Crippen LogP contribution in [0.1, 0.15) is 18.9 Å². The molecule has 1 heterocycles. The molecule has 1 aliphatic heterocycles.